The molecule has 0 saturated carbocycles. The number of aromatic nitrogens is 6. The smallest absolute Gasteiger partial charge is 0.270 e. The number of nitrogens with one attached hydrogen (secondary N) is 1. The maximum absolute atomic E-state index is 13.5. The van der Waals surface area contributed by atoms with Gasteiger partial charge in [-0.3, -0.25) is 9.48 Å². The fourth-order valence-corrected chi connectivity index (χ4v) is 5.20. The van der Waals surface area contributed by atoms with Crippen LogP contribution in [-0.4, -0.2) is 30.0 Å². The third-order valence-corrected chi connectivity index (χ3v) is 7.51. The van der Waals surface area contributed by atoms with Gasteiger partial charge in [0.05, 0.1) is 0 Å². The second kappa shape index (κ2) is 10.0. The summed E-state index contributed by atoms with van der Waals surface area (Å²) in [6, 6.07) is 16.6. The first kappa shape index (κ1) is 23.3. The minimum absolute atomic E-state index is 0.196. The number of rotatable bonds is 8. The summed E-state index contributed by atoms with van der Waals surface area (Å²) in [6.45, 7) is 8.54. The summed E-state index contributed by atoms with van der Waals surface area (Å²) in [6.07, 6.45) is 5.15. The maximum Gasteiger partial charge on any atom is 0.270 e. The zero-order valence-corrected chi connectivity index (χ0v) is 20.9. The van der Waals surface area contributed by atoms with Crippen LogP contribution in [0.15, 0.2) is 53.3 Å². The molecule has 0 bridgehead atoms. The van der Waals surface area contributed by atoms with Gasteiger partial charge in [-0.2, -0.15) is 5.21 Å². The Kier molecular flexibility index (Phi) is 6.66. The lowest BCUT2D eigenvalue weighted by Gasteiger charge is -2.30. The summed E-state index contributed by atoms with van der Waals surface area (Å²) in [5.41, 5.74) is 6.66. The molecule has 182 valence electrons. The van der Waals surface area contributed by atoms with E-state index in [-0.39, 0.29) is 5.56 Å². The first-order valence-corrected chi connectivity index (χ1v) is 12.8. The van der Waals surface area contributed by atoms with Gasteiger partial charge in [-0.1, -0.05) is 82.1 Å². The third kappa shape index (κ3) is 4.59. The van der Waals surface area contributed by atoms with Crippen molar-refractivity contribution >= 4 is 0 Å². The van der Waals surface area contributed by atoms with Crippen molar-refractivity contribution in [3.05, 3.63) is 75.7 Å². The lowest BCUT2D eigenvalue weighted by atomic mass is 9.94. The molecular weight excluding hydrogens is 436 g/mol. The molecular formula is C28H34N6O. The van der Waals surface area contributed by atoms with Crippen LogP contribution in [0.1, 0.15) is 56.9 Å². The second-order valence-electron chi connectivity index (χ2n) is 9.96. The van der Waals surface area contributed by atoms with Gasteiger partial charge < -0.3 is 0 Å². The SMILES string of the molecule is CCCCCc1c(Cc2ccc(-c3ccccc3-c3nn[nH]n3)cc2)c(=O)n2n1CC(C)C(C)C2. The Labute approximate surface area is 206 Å². The first-order valence-electron chi connectivity index (χ1n) is 12.8. The summed E-state index contributed by atoms with van der Waals surface area (Å²) < 4.78 is 4.31. The topological polar surface area (TPSA) is 81.4 Å². The van der Waals surface area contributed by atoms with Crippen LogP contribution in [0.3, 0.4) is 0 Å². The molecule has 5 rings (SSSR count). The van der Waals surface area contributed by atoms with Gasteiger partial charge in [0, 0.05) is 36.3 Å². The average Bonchev–Trinajstić information content (AvgIpc) is 3.49. The van der Waals surface area contributed by atoms with Gasteiger partial charge in [-0.15, -0.1) is 10.2 Å². The van der Waals surface area contributed by atoms with E-state index in [2.05, 4.69) is 76.4 Å². The molecule has 1 aliphatic heterocycles. The zero-order chi connectivity index (χ0) is 24.4. The van der Waals surface area contributed by atoms with Gasteiger partial charge in [0.2, 0.25) is 5.82 Å². The zero-order valence-electron chi connectivity index (χ0n) is 20.9. The van der Waals surface area contributed by atoms with Crippen LogP contribution in [0, 0.1) is 11.8 Å². The number of fused-ring (bicyclic) bond motifs is 1. The van der Waals surface area contributed by atoms with Crippen molar-refractivity contribution in [1.82, 2.24) is 30.0 Å². The molecule has 0 saturated heterocycles. The summed E-state index contributed by atoms with van der Waals surface area (Å²) in [4.78, 5) is 13.5. The number of nitrogens with zero attached hydrogens (tertiary/aromatic N) is 5. The van der Waals surface area contributed by atoms with Crippen LogP contribution in [-0.2, 0) is 25.9 Å². The summed E-state index contributed by atoms with van der Waals surface area (Å²) in [5.74, 6) is 1.68. The van der Waals surface area contributed by atoms with E-state index in [1.165, 1.54) is 18.5 Å². The van der Waals surface area contributed by atoms with Gasteiger partial charge in [-0.05, 0) is 46.6 Å². The van der Waals surface area contributed by atoms with E-state index in [0.29, 0.717) is 24.1 Å². The number of hydrogen-bond donors (Lipinski definition) is 1. The molecule has 0 spiro atoms. The van der Waals surface area contributed by atoms with Crippen molar-refractivity contribution in [1.29, 1.82) is 0 Å². The highest BCUT2D eigenvalue weighted by atomic mass is 16.1. The molecule has 0 radical (unpaired) electrons. The minimum atomic E-state index is 0.196. The van der Waals surface area contributed by atoms with Crippen molar-refractivity contribution < 1.29 is 0 Å². The van der Waals surface area contributed by atoms with E-state index in [4.69, 9.17) is 0 Å². The van der Waals surface area contributed by atoms with Crippen molar-refractivity contribution in [2.75, 3.05) is 0 Å². The molecule has 1 N–H and O–H groups in total. The molecule has 3 heterocycles. The number of aromatic amines is 1. The van der Waals surface area contributed by atoms with Crippen LogP contribution in [0.5, 0.6) is 0 Å². The van der Waals surface area contributed by atoms with E-state index < -0.39 is 0 Å². The average molecular weight is 471 g/mol. The quantitative estimate of drug-likeness (QED) is 0.363. The van der Waals surface area contributed by atoms with Crippen LogP contribution in [0.25, 0.3) is 22.5 Å². The van der Waals surface area contributed by atoms with Crippen LogP contribution in [0.2, 0.25) is 0 Å². The predicted octanol–water partition coefficient (Wildman–Crippen LogP) is 5.11. The van der Waals surface area contributed by atoms with Crippen molar-refractivity contribution in [2.45, 2.75) is 66.0 Å². The molecule has 2 aromatic heterocycles. The molecule has 4 aromatic rings. The minimum Gasteiger partial charge on any atom is -0.286 e. The van der Waals surface area contributed by atoms with Gasteiger partial charge in [-0.25, -0.2) is 4.68 Å². The Balaban J connectivity index is 1.46. The van der Waals surface area contributed by atoms with Gasteiger partial charge in [0.1, 0.15) is 0 Å². The highest BCUT2D eigenvalue weighted by Gasteiger charge is 2.28. The lowest BCUT2D eigenvalue weighted by Crippen LogP contribution is -2.36. The molecule has 2 unspecified atom stereocenters. The monoisotopic (exact) mass is 470 g/mol. The molecule has 0 aliphatic carbocycles. The first-order chi connectivity index (χ1) is 17.1. The van der Waals surface area contributed by atoms with Gasteiger partial charge >= 0.3 is 0 Å². The second-order valence-corrected chi connectivity index (χ2v) is 9.96. The number of benzene rings is 2. The fraction of sp³-hybridized carbons (Fsp3) is 0.429. The predicted molar refractivity (Wildman–Crippen MR) is 138 cm³/mol. The normalized spacial score (nSPS) is 17.5. The number of tetrazole rings is 1. The largest absolute Gasteiger partial charge is 0.286 e. The van der Waals surface area contributed by atoms with E-state index >= 15 is 0 Å². The fourth-order valence-electron chi connectivity index (χ4n) is 5.20. The third-order valence-electron chi connectivity index (χ3n) is 7.51. The highest BCUT2D eigenvalue weighted by molar-refractivity contribution is 5.80. The van der Waals surface area contributed by atoms with Gasteiger partial charge in [0.25, 0.3) is 5.56 Å². The van der Waals surface area contributed by atoms with Crippen LogP contribution < -0.4 is 5.56 Å². The summed E-state index contributed by atoms with van der Waals surface area (Å²) >= 11 is 0. The Bertz CT molecular complexity index is 1330. The Morgan fingerprint density at radius 3 is 2.34 bits per heavy atom. The standard InChI is InChI=1S/C28H34N6O/c1-4-5-6-11-26-25(28(35)34-18-20(3)19(2)17-33(26)34)16-21-12-14-22(15-13-21)23-9-7-8-10-24(23)27-29-31-32-30-27/h7-10,12-15,19-20H,4-6,11,16-18H2,1-3H3,(H,29,30,31,32). The molecule has 7 heteroatoms. The molecule has 7 nitrogen and oxygen atoms in total. The number of unbranched alkanes of at least 4 members (excludes halogenated alkanes) is 2. The van der Waals surface area contributed by atoms with E-state index in [9.17, 15) is 4.79 Å². The molecule has 0 fully saturated rings. The van der Waals surface area contributed by atoms with E-state index in [1.54, 1.807) is 0 Å². The molecule has 0 amide bonds. The van der Waals surface area contributed by atoms with Crippen LogP contribution in [0.4, 0.5) is 0 Å². The van der Waals surface area contributed by atoms with Gasteiger partial charge in [0.15, 0.2) is 0 Å². The van der Waals surface area contributed by atoms with Crippen molar-refractivity contribution in [3.8, 4) is 22.5 Å². The Hall–Kier alpha value is -3.48. The summed E-state index contributed by atoms with van der Waals surface area (Å²) in [5, 5.41) is 14.5. The Morgan fingerprint density at radius 2 is 1.66 bits per heavy atom. The number of H-pyrrole nitrogens is 1. The maximum atomic E-state index is 13.5. The van der Waals surface area contributed by atoms with E-state index in [0.717, 1.165) is 53.7 Å². The summed E-state index contributed by atoms with van der Waals surface area (Å²) in [7, 11) is 0. The highest BCUT2D eigenvalue weighted by Crippen LogP contribution is 2.30. The number of hydrogen-bond acceptors (Lipinski definition) is 4. The lowest BCUT2D eigenvalue weighted by molar-refractivity contribution is 0.195. The molecule has 2 aromatic carbocycles. The van der Waals surface area contributed by atoms with E-state index in [1.807, 2.05) is 22.9 Å². The molecule has 35 heavy (non-hydrogen) atoms. The van der Waals surface area contributed by atoms with Crippen LogP contribution >= 0.6 is 0 Å². The van der Waals surface area contributed by atoms with Crippen molar-refractivity contribution in [2.24, 2.45) is 11.8 Å². The Morgan fingerprint density at radius 1 is 0.943 bits per heavy atom. The molecule has 2 atom stereocenters. The van der Waals surface area contributed by atoms with Crippen molar-refractivity contribution in [3.63, 3.8) is 0 Å². The molecule has 1 aliphatic rings.